The molecule has 0 saturated carbocycles. The Morgan fingerprint density at radius 1 is 1.22 bits per heavy atom. The summed E-state index contributed by atoms with van der Waals surface area (Å²) in [6.45, 7) is 1.83. The molecule has 2 aromatic rings. The van der Waals surface area contributed by atoms with Crippen LogP contribution in [0.25, 0.3) is 0 Å². The predicted octanol–water partition coefficient (Wildman–Crippen LogP) is 4.18. The SMILES string of the molecule is Cc1c(N)ncnc1Nc1ccc(Br)c(Cl)c1Cl. The van der Waals surface area contributed by atoms with E-state index in [0.29, 0.717) is 27.4 Å². The maximum atomic E-state index is 6.14. The van der Waals surface area contributed by atoms with E-state index in [-0.39, 0.29) is 0 Å². The molecule has 0 unspecified atom stereocenters. The lowest BCUT2D eigenvalue weighted by molar-refractivity contribution is 1.14. The first-order valence-electron chi connectivity index (χ1n) is 4.98. The van der Waals surface area contributed by atoms with Crippen LogP contribution in [0, 0.1) is 6.92 Å². The first-order chi connectivity index (χ1) is 8.50. The Labute approximate surface area is 123 Å². The van der Waals surface area contributed by atoms with E-state index in [2.05, 4.69) is 31.2 Å². The molecule has 4 nitrogen and oxygen atoms in total. The van der Waals surface area contributed by atoms with Gasteiger partial charge in [0.1, 0.15) is 18.0 Å². The third kappa shape index (κ3) is 2.53. The molecule has 0 spiro atoms. The van der Waals surface area contributed by atoms with Crippen molar-refractivity contribution in [2.24, 2.45) is 0 Å². The van der Waals surface area contributed by atoms with E-state index < -0.39 is 0 Å². The smallest absolute Gasteiger partial charge is 0.138 e. The second-order valence-electron chi connectivity index (χ2n) is 3.58. The number of aromatic nitrogens is 2. The lowest BCUT2D eigenvalue weighted by Crippen LogP contribution is -2.02. The first kappa shape index (κ1) is 13.4. The zero-order chi connectivity index (χ0) is 13.3. The molecule has 94 valence electrons. The van der Waals surface area contributed by atoms with Gasteiger partial charge in [-0.25, -0.2) is 9.97 Å². The molecule has 0 aliphatic carbocycles. The van der Waals surface area contributed by atoms with Gasteiger partial charge in [0.05, 0.1) is 15.7 Å². The standard InChI is InChI=1S/C11H9BrCl2N4/c1-5-10(15)16-4-17-11(5)18-7-3-2-6(12)8(13)9(7)14/h2-4H,1H3,(H3,15,16,17,18). The van der Waals surface area contributed by atoms with Crippen molar-refractivity contribution in [1.82, 2.24) is 9.97 Å². The van der Waals surface area contributed by atoms with Crippen molar-refractivity contribution in [2.75, 3.05) is 11.1 Å². The van der Waals surface area contributed by atoms with Crippen LogP contribution in [-0.4, -0.2) is 9.97 Å². The molecule has 1 aromatic carbocycles. The summed E-state index contributed by atoms with van der Waals surface area (Å²) >= 11 is 15.5. The van der Waals surface area contributed by atoms with Crippen molar-refractivity contribution in [3.8, 4) is 0 Å². The third-order valence-electron chi connectivity index (χ3n) is 2.41. The second-order valence-corrected chi connectivity index (χ2v) is 5.19. The van der Waals surface area contributed by atoms with Gasteiger partial charge in [-0.1, -0.05) is 23.2 Å². The van der Waals surface area contributed by atoms with Gasteiger partial charge in [0.15, 0.2) is 0 Å². The van der Waals surface area contributed by atoms with Gasteiger partial charge < -0.3 is 11.1 Å². The summed E-state index contributed by atoms with van der Waals surface area (Å²) in [7, 11) is 0. The van der Waals surface area contributed by atoms with Crippen molar-refractivity contribution >= 4 is 56.5 Å². The molecular weight excluding hydrogens is 339 g/mol. The van der Waals surface area contributed by atoms with E-state index in [9.17, 15) is 0 Å². The van der Waals surface area contributed by atoms with Gasteiger partial charge in [-0.15, -0.1) is 0 Å². The van der Waals surface area contributed by atoms with Gasteiger partial charge in [-0.05, 0) is 35.0 Å². The van der Waals surface area contributed by atoms with Gasteiger partial charge in [-0.3, -0.25) is 0 Å². The largest absolute Gasteiger partial charge is 0.383 e. The zero-order valence-electron chi connectivity index (χ0n) is 9.34. The Morgan fingerprint density at radius 3 is 2.67 bits per heavy atom. The monoisotopic (exact) mass is 346 g/mol. The number of halogens is 3. The summed E-state index contributed by atoms with van der Waals surface area (Å²) in [6, 6.07) is 3.60. The minimum absolute atomic E-state index is 0.419. The minimum Gasteiger partial charge on any atom is -0.383 e. The van der Waals surface area contributed by atoms with Crippen LogP contribution < -0.4 is 11.1 Å². The van der Waals surface area contributed by atoms with E-state index in [4.69, 9.17) is 28.9 Å². The van der Waals surface area contributed by atoms with Crippen LogP contribution in [0.15, 0.2) is 22.9 Å². The lowest BCUT2D eigenvalue weighted by Gasteiger charge is -2.12. The van der Waals surface area contributed by atoms with Gasteiger partial charge in [-0.2, -0.15) is 0 Å². The molecule has 1 aromatic heterocycles. The van der Waals surface area contributed by atoms with Crippen molar-refractivity contribution in [1.29, 1.82) is 0 Å². The molecule has 3 N–H and O–H groups in total. The van der Waals surface area contributed by atoms with Crippen LogP contribution in [0.2, 0.25) is 10.0 Å². The highest BCUT2D eigenvalue weighted by Gasteiger charge is 2.11. The van der Waals surface area contributed by atoms with E-state index >= 15 is 0 Å². The molecule has 0 atom stereocenters. The van der Waals surface area contributed by atoms with Crippen molar-refractivity contribution in [2.45, 2.75) is 6.92 Å². The Bertz CT molecular complexity index is 604. The number of nitrogens with one attached hydrogen (secondary N) is 1. The molecule has 0 aliphatic heterocycles. The Kier molecular flexibility index (Phi) is 3.94. The Balaban J connectivity index is 2.41. The molecule has 7 heteroatoms. The van der Waals surface area contributed by atoms with Crippen LogP contribution >= 0.6 is 39.1 Å². The van der Waals surface area contributed by atoms with Crippen molar-refractivity contribution in [3.05, 3.63) is 38.5 Å². The van der Waals surface area contributed by atoms with Crippen molar-refractivity contribution in [3.63, 3.8) is 0 Å². The molecule has 0 radical (unpaired) electrons. The highest BCUT2D eigenvalue weighted by molar-refractivity contribution is 9.10. The molecule has 18 heavy (non-hydrogen) atoms. The quantitative estimate of drug-likeness (QED) is 0.800. The molecule has 0 bridgehead atoms. The van der Waals surface area contributed by atoms with Gasteiger partial charge in [0.2, 0.25) is 0 Å². The van der Waals surface area contributed by atoms with Crippen molar-refractivity contribution < 1.29 is 0 Å². The lowest BCUT2D eigenvalue weighted by atomic mass is 10.2. The van der Waals surface area contributed by atoms with Crippen LogP contribution in [0.3, 0.4) is 0 Å². The fourth-order valence-corrected chi connectivity index (χ4v) is 2.16. The zero-order valence-corrected chi connectivity index (χ0v) is 12.4. The van der Waals surface area contributed by atoms with Gasteiger partial charge in [0, 0.05) is 10.0 Å². The molecule has 0 fully saturated rings. The highest BCUT2D eigenvalue weighted by Crippen LogP contribution is 2.37. The summed E-state index contributed by atoms with van der Waals surface area (Å²) in [5.41, 5.74) is 7.12. The summed E-state index contributed by atoms with van der Waals surface area (Å²) in [5, 5.41) is 3.95. The molecular formula is C11H9BrCl2N4. The number of nitrogen functional groups attached to an aromatic ring is 1. The maximum Gasteiger partial charge on any atom is 0.138 e. The predicted molar refractivity (Wildman–Crippen MR) is 78.6 cm³/mol. The minimum atomic E-state index is 0.419. The maximum absolute atomic E-state index is 6.14. The second kappa shape index (κ2) is 5.30. The fourth-order valence-electron chi connectivity index (χ4n) is 1.34. The average Bonchev–Trinajstić information content (AvgIpc) is 2.35. The average molecular weight is 348 g/mol. The molecule has 0 saturated heterocycles. The van der Waals surface area contributed by atoms with Gasteiger partial charge >= 0.3 is 0 Å². The highest BCUT2D eigenvalue weighted by atomic mass is 79.9. The molecule has 0 aliphatic rings. The van der Waals surface area contributed by atoms with Gasteiger partial charge in [0.25, 0.3) is 0 Å². The summed E-state index contributed by atoms with van der Waals surface area (Å²) < 4.78 is 0.735. The number of anilines is 3. The Hall–Kier alpha value is -1.04. The number of benzene rings is 1. The normalized spacial score (nSPS) is 10.4. The van der Waals surface area contributed by atoms with Crippen LogP contribution in [-0.2, 0) is 0 Å². The first-order valence-corrected chi connectivity index (χ1v) is 6.53. The summed E-state index contributed by atoms with van der Waals surface area (Å²) in [5.74, 6) is 1.02. The molecule has 1 heterocycles. The molecule has 2 rings (SSSR count). The van der Waals surface area contributed by atoms with Crippen LogP contribution in [0.1, 0.15) is 5.56 Å². The Morgan fingerprint density at radius 2 is 1.94 bits per heavy atom. The fraction of sp³-hybridized carbons (Fsp3) is 0.0909. The molecule has 0 amide bonds. The number of hydrogen-bond donors (Lipinski definition) is 2. The summed E-state index contributed by atoms with van der Waals surface area (Å²) in [6.07, 6.45) is 1.39. The van der Waals surface area contributed by atoms with Crippen LogP contribution in [0.5, 0.6) is 0 Å². The van der Waals surface area contributed by atoms with E-state index in [1.165, 1.54) is 6.33 Å². The van der Waals surface area contributed by atoms with E-state index in [1.807, 2.05) is 6.92 Å². The van der Waals surface area contributed by atoms with Crippen LogP contribution in [0.4, 0.5) is 17.3 Å². The number of nitrogens with two attached hydrogens (primary N) is 1. The topological polar surface area (TPSA) is 63.8 Å². The number of rotatable bonds is 2. The number of hydrogen-bond acceptors (Lipinski definition) is 4. The summed E-state index contributed by atoms with van der Waals surface area (Å²) in [4.78, 5) is 8.01. The third-order valence-corrected chi connectivity index (χ3v) is 4.18. The van der Waals surface area contributed by atoms with E-state index in [0.717, 1.165) is 10.0 Å². The number of nitrogens with zero attached hydrogens (tertiary/aromatic N) is 2. The van der Waals surface area contributed by atoms with E-state index in [1.54, 1.807) is 12.1 Å².